The first-order valence-electron chi connectivity index (χ1n) is 10.0. The van der Waals surface area contributed by atoms with E-state index in [0.717, 1.165) is 35.8 Å². The van der Waals surface area contributed by atoms with E-state index in [0.29, 0.717) is 6.54 Å². The van der Waals surface area contributed by atoms with Gasteiger partial charge in [0.1, 0.15) is 0 Å². The van der Waals surface area contributed by atoms with Crippen LogP contribution in [0.1, 0.15) is 33.3 Å². The number of morpholine rings is 1. The molecule has 1 fully saturated rings. The lowest BCUT2D eigenvalue weighted by Crippen LogP contribution is -2.45. The second kappa shape index (κ2) is 9.20. The van der Waals surface area contributed by atoms with Crippen molar-refractivity contribution in [3.63, 3.8) is 0 Å². The highest BCUT2D eigenvalue weighted by molar-refractivity contribution is 5.70. The van der Waals surface area contributed by atoms with E-state index >= 15 is 0 Å². The minimum Gasteiger partial charge on any atom is -0.493 e. The Morgan fingerprint density at radius 3 is 2.46 bits per heavy atom. The number of rotatable bonds is 7. The highest BCUT2D eigenvalue weighted by Gasteiger charge is 2.23. The molecule has 1 aliphatic heterocycles. The molecule has 0 bridgehead atoms. The van der Waals surface area contributed by atoms with E-state index in [1.807, 2.05) is 26.0 Å². The third-order valence-corrected chi connectivity index (χ3v) is 4.74. The van der Waals surface area contributed by atoms with Crippen LogP contribution in [0.5, 0.6) is 11.5 Å². The summed E-state index contributed by atoms with van der Waals surface area (Å²) in [5.74, 6) is 1.54. The first-order valence-corrected chi connectivity index (χ1v) is 10.0. The van der Waals surface area contributed by atoms with Gasteiger partial charge in [-0.25, -0.2) is 0 Å². The van der Waals surface area contributed by atoms with Crippen LogP contribution in [0.3, 0.4) is 0 Å². The maximum absolute atomic E-state index is 5.88. The van der Waals surface area contributed by atoms with Crippen molar-refractivity contribution in [3.8, 4) is 11.5 Å². The number of hydrogen-bond acceptors (Lipinski definition) is 5. The fourth-order valence-corrected chi connectivity index (χ4v) is 3.64. The van der Waals surface area contributed by atoms with Crippen molar-refractivity contribution in [1.82, 2.24) is 0 Å². The summed E-state index contributed by atoms with van der Waals surface area (Å²) >= 11 is 0. The van der Waals surface area contributed by atoms with Crippen molar-refractivity contribution in [2.75, 3.05) is 30.4 Å². The summed E-state index contributed by atoms with van der Waals surface area (Å²) in [6, 6.07) is 14.6. The molecule has 1 heterocycles. The van der Waals surface area contributed by atoms with Crippen LogP contribution in [-0.4, -0.2) is 38.5 Å². The minimum atomic E-state index is 0.114. The molecule has 2 aromatic carbocycles. The van der Waals surface area contributed by atoms with Crippen molar-refractivity contribution < 1.29 is 14.2 Å². The van der Waals surface area contributed by atoms with E-state index in [-0.39, 0.29) is 18.3 Å². The summed E-state index contributed by atoms with van der Waals surface area (Å²) in [6.07, 6.45) is 0.576. The predicted molar refractivity (Wildman–Crippen MR) is 115 cm³/mol. The topological polar surface area (TPSA) is 43.0 Å². The summed E-state index contributed by atoms with van der Waals surface area (Å²) in [5, 5.41) is 3.59. The van der Waals surface area contributed by atoms with Crippen LogP contribution in [0, 0.1) is 0 Å². The molecule has 0 amide bonds. The van der Waals surface area contributed by atoms with E-state index in [9.17, 15) is 0 Å². The van der Waals surface area contributed by atoms with Crippen LogP contribution < -0.4 is 19.7 Å². The lowest BCUT2D eigenvalue weighted by molar-refractivity contribution is -0.00517. The highest BCUT2D eigenvalue weighted by atomic mass is 16.5. The molecule has 2 atom stereocenters. The molecule has 28 heavy (non-hydrogen) atoms. The van der Waals surface area contributed by atoms with Gasteiger partial charge in [-0.3, -0.25) is 0 Å². The average Bonchev–Trinajstić information content (AvgIpc) is 2.66. The van der Waals surface area contributed by atoms with Gasteiger partial charge in [0.05, 0.1) is 36.8 Å². The molecule has 5 nitrogen and oxygen atoms in total. The molecule has 0 radical (unpaired) electrons. The Morgan fingerprint density at radius 1 is 1.07 bits per heavy atom. The maximum atomic E-state index is 5.88. The van der Waals surface area contributed by atoms with E-state index in [1.165, 1.54) is 5.69 Å². The number of hydrogen-bond donors (Lipinski definition) is 1. The quantitative estimate of drug-likeness (QED) is 0.749. The van der Waals surface area contributed by atoms with Crippen molar-refractivity contribution in [1.29, 1.82) is 0 Å². The summed E-state index contributed by atoms with van der Waals surface area (Å²) in [5.41, 5.74) is 3.49. The molecule has 0 aromatic heterocycles. The average molecular weight is 385 g/mol. The van der Waals surface area contributed by atoms with Crippen molar-refractivity contribution >= 4 is 11.4 Å². The summed E-state index contributed by atoms with van der Waals surface area (Å²) in [6.45, 7) is 10.8. The van der Waals surface area contributed by atoms with E-state index < -0.39 is 0 Å². The Kier molecular flexibility index (Phi) is 6.68. The lowest BCUT2D eigenvalue weighted by Gasteiger charge is -2.37. The first kappa shape index (κ1) is 20.3. The van der Waals surface area contributed by atoms with Gasteiger partial charge >= 0.3 is 0 Å². The van der Waals surface area contributed by atoms with Crippen LogP contribution in [0.4, 0.5) is 11.4 Å². The van der Waals surface area contributed by atoms with Gasteiger partial charge < -0.3 is 24.4 Å². The Labute approximate surface area is 168 Å². The third-order valence-electron chi connectivity index (χ3n) is 4.74. The molecule has 0 saturated carbocycles. The zero-order valence-electron chi connectivity index (χ0n) is 17.6. The fraction of sp³-hybridized carbons (Fsp3) is 0.478. The number of benzene rings is 2. The van der Waals surface area contributed by atoms with Crippen LogP contribution in [-0.2, 0) is 11.3 Å². The fourth-order valence-electron chi connectivity index (χ4n) is 3.64. The highest BCUT2D eigenvalue weighted by Crippen LogP contribution is 2.31. The molecular formula is C23H32N2O3. The number of nitrogens with one attached hydrogen (secondary N) is 1. The van der Waals surface area contributed by atoms with Crippen LogP contribution in [0.25, 0.3) is 0 Å². The summed E-state index contributed by atoms with van der Waals surface area (Å²) < 4.78 is 17.2. The number of anilines is 2. The zero-order valence-corrected chi connectivity index (χ0v) is 17.6. The van der Waals surface area contributed by atoms with E-state index in [4.69, 9.17) is 14.2 Å². The maximum Gasteiger partial charge on any atom is 0.161 e. The second-order valence-corrected chi connectivity index (χ2v) is 7.68. The van der Waals surface area contributed by atoms with Gasteiger partial charge in [0.2, 0.25) is 0 Å². The molecule has 1 aliphatic rings. The SMILES string of the molecule is COc1cc(CNc2ccccc2N2C[C@@H](C)O[C@@H](C)C2)ccc1OC(C)C. The third kappa shape index (κ3) is 5.10. The molecule has 1 N–H and O–H groups in total. The first-order chi connectivity index (χ1) is 13.5. The van der Waals surface area contributed by atoms with Crippen LogP contribution >= 0.6 is 0 Å². The Morgan fingerprint density at radius 2 is 1.79 bits per heavy atom. The van der Waals surface area contributed by atoms with Gasteiger partial charge in [0, 0.05) is 19.6 Å². The molecule has 0 aliphatic carbocycles. The van der Waals surface area contributed by atoms with Crippen LogP contribution in [0.2, 0.25) is 0 Å². The van der Waals surface area contributed by atoms with Gasteiger partial charge in [-0.05, 0) is 57.5 Å². The standard InChI is InChI=1S/C23H32N2O3/c1-16(2)27-22-11-10-19(12-23(22)26-5)13-24-20-8-6-7-9-21(20)25-14-17(3)28-18(4)15-25/h6-12,16-18,24H,13-15H2,1-5H3/t17-,18+. The predicted octanol–water partition coefficient (Wildman–Crippen LogP) is 4.71. The molecule has 5 heteroatoms. The van der Waals surface area contributed by atoms with E-state index in [2.05, 4.69) is 54.4 Å². The Balaban J connectivity index is 1.73. The zero-order chi connectivity index (χ0) is 20.1. The number of methoxy groups -OCH3 is 1. The molecular weight excluding hydrogens is 352 g/mol. The summed E-state index contributed by atoms with van der Waals surface area (Å²) in [4.78, 5) is 2.40. The molecule has 152 valence electrons. The second-order valence-electron chi connectivity index (χ2n) is 7.68. The normalized spacial score (nSPS) is 19.6. The van der Waals surface area contributed by atoms with Gasteiger partial charge in [0.15, 0.2) is 11.5 Å². The Bertz CT molecular complexity index is 768. The van der Waals surface area contributed by atoms with Crippen LogP contribution in [0.15, 0.2) is 42.5 Å². The molecule has 0 unspecified atom stereocenters. The monoisotopic (exact) mass is 384 g/mol. The van der Waals surface area contributed by atoms with E-state index in [1.54, 1.807) is 7.11 Å². The number of para-hydroxylation sites is 2. The molecule has 1 saturated heterocycles. The van der Waals surface area contributed by atoms with Gasteiger partial charge in [-0.15, -0.1) is 0 Å². The van der Waals surface area contributed by atoms with Gasteiger partial charge in [-0.2, -0.15) is 0 Å². The number of nitrogens with zero attached hydrogens (tertiary/aromatic N) is 1. The molecule has 2 aromatic rings. The van der Waals surface area contributed by atoms with Crippen molar-refractivity contribution in [3.05, 3.63) is 48.0 Å². The smallest absolute Gasteiger partial charge is 0.161 e. The largest absolute Gasteiger partial charge is 0.493 e. The van der Waals surface area contributed by atoms with Crippen molar-refractivity contribution in [2.45, 2.75) is 52.6 Å². The lowest BCUT2D eigenvalue weighted by atomic mass is 10.1. The number of ether oxygens (including phenoxy) is 3. The van der Waals surface area contributed by atoms with Crippen molar-refractivity contribution in [2.24, 2.45) is 0 Å². The van der Waals surface area contributed by atoms with Gasteiger partial charge in [-0.1, -0.05) is 18.2 Å². The summed E-state index contributed by atoms with van der Waals surface area (Å²) in [7, 11) is 1.68. The molecule has 3 rings (SSSR count). The Hall–Kier alpha value is -2.40. The minimum absolute atomic E-state index is 0.114. The van der Waals surface area contributed by atoms with Gasteiger partial charge in [0.25, 0.3) is 0 Å². The molecule has 0 spiro atoms.